The minimum Gasteiger partial charge on any atom is -0.367 e. The van der Waals surface area contributed by atoms with E-state index in [0.29, 0.717) is 6.04 Å². The largest absolute Gasteiger partial charge is 0.367 e. The second-order valence-corrected chi connectivity index (χ2v) is 6.26. The number of likely N-dealkylation sites (N-methyl/N-ethyl adjacent to an activating group) is 1. The van der Waals surface area contributed by atoms with Crippen LogP contribution in [-0.2, 0) is 0 Å². The first-order chi connectivity index (χ1) is 9.69. The summed E-state index contributed by atoms with van der Waals surface area (Å²) in [5.41, 5.74) is 3.15. The maximum Gasteiger partial charge on any atom is 0.112 e. The molecule has 2 aromatic heterocycles. The third kappa shape index (κ3) is 2.52. The van der Waals surface area contributed by atoms with Gasteiger partial charge in [0.05, 0.1) is 11.2 Å². The summed E-state index contributed by atoms with van der Waals surface area (Å²) in [5.74, 6) is 0. The van der Waals surface area contributed by atoms with Crippen molar-refractivity contribution in [2.45, 2.75) is 19.4 Å². The van der Waals surface area contributed by atoms with E-state index in [1.165, 1.54) is 12.1 Å². The highest BCUT2D eigenvalue weighted by atomic mass is 79.9. The van der Waals surface area contributed by atoms with Crippen LogP contribution < -0.4 is 4.90 Å². The Balaban J connectivity index is 1.98. The van der Waals surface area contributed by atoms with Gasteiger partial charge in [-0.2, -0.15) is 0 Å². The van der Waals surface area contributed by atoms with Crippen molar-refractivity contribution in [3.8, 4) is 0 Å². The second-order valence-electron chi connectivity index (χ2n) is 5.34. The molecule has 3 heterocycles. The molecule has 1 unspecified atom stereocenters. The van der Waals surface area contributed by atoms with E-state index in [4.69, 9.17) is 0 Å². The average molecular weight is 335 g/mol. The lowest BCUT2D eigenvalue weighted by Gasteiger charge is -2.40. The first-order valence-electron chi connectivity index (χ1n) is 7.04. The molecule has 106 valence electrons. The van der Waals surface area contributed by atoms with E-state index in [0.717, 1.165) is 35.1 Å². The lowest BCUT2D eigenvalue weighted by atomic mass is 10.1. The minimum absolute atomic E-state index is 0.613. The number of piperazine rings is 1. The summed E-state index contributed by atoms with van der Waals surface area (Å²) in [7, 11) is 2.21. The third-order valence-corrected chi connectivity index (χ3v) is 4.55. The van der Waals surface area contributed by atoms with Gasteiger partial charge in [-0.05, 0) is 41.5 Å². The zero-order valence-electron chi connectivity index (χ0n) is 11.9. The number of anilines is 1. The van der Waals surface area contributed by atoms with Crippen molar-refractivity contribution in [3.05, 3.63) is 29.0 Å². The number of aromatic nitrogens is 2. The van der Waals surface area contributed by atoms with Crippen LogP contribution in [0.3, 0.4) is 0 Å². The highest BCUT2D eigenvalue weighted by molar-refractivity contribution is 9.10. The van der Waals surface area contributed by atoms with Crippen LogP contribution in [0.4, 0.5) is 5.69 Å². The number of fused-ring (bicyclic) bond motifs is 1. The van der Waals surface area contributed by atoms with Crippen LogP contribution in [0.2, 0.25) is 0 Å². The molecule has 1 fully saturated rings. The van der Waals surface area contributed by atoms with Crippen LogP contribution in [0.1, 0.15) is 13.3 Å². The predicted octanol–water partition coefficient (Wildman–Crippen LogP) is 2.92. The van der Waals surface area contributed by atoms with Crippen LogP contribution in [0.15, 0.2) is 29.0 Å². The molecule has 1 aliphatic heterocycles. The molecule has 4 nitrogen and oxygen atoms in total. The van der Waals surface area contributed by atoms with Crippen molar-refractivity contribution in [2.24, 2.45) is 0 Å². The van der Waals surface area contributed by atoms with Gasteiger partial charge in [-0.25, -0.2) is 0 Å². The van der Waals surface area contributed by atoms with E-state index in [1.807, 2.05) is 18.5 Å². The molecule has 5 heteroatoms. The van der Waals surface area contributed by atoms with Gasteiger partial charge in [0.25, 0.3) is 0 Å². The number of hydrogen-bond donors (Lipinski definition) is 0. The molecule has 0 amide bonds. The standard InChI is InChI=1S/C15H19BrN4/c1-3-12-10-20(7-6-19(12)2)14-4-5-17-13-8-11(16)9-18-15(13)14/h4-5,8-9,12H,3,6-7,10H2,1-2H3. The maximum absolute atomic E-state index is 4.56. The topological polar surface area (TPSA) is 32.3 Å². The quantitative estimate of drug-likeness (QED) is 0.845. The number of rotatable bonds is 2. The van der Waals surface area contributed by atoms with E-state index in [2.05, 4.69) is 55.7 Å². The Kier molecular flexibility index (Phi) is 3.89. The van der Waals surface area contributed by atoms with E-state index in [9.17, 15) is 0 Å². The summed E-state index contributed by atoms with van der Waals surface area (Å²) in [5, 5.41) is 0. The lowest BCUT2D eigenvalue weighted by molar-refractivity contribution is 0.213. The van der Waals surface area contributed by atoms with Gasteiger partial charge in [-0.15, -0.1) is 0 Å². The van der Waals surface area contributed by atoms with Gasteiger partial charge in [0.2, 0.25) is 0 Å². The molecule has 3 rings (SSSR count). The van der Waals surface area contributed by atoms with Crippen molar-refractivity contribution < 1.29 is 0 Å². The van der Waals surface area contributed by atoms with E-state index in [-0.39, 0.29) is 0 Å². The molecule has 2 aromatic rings. The molecular formula is C15H19BrN4. The second kappa shape index (κ2) is 5.66. The fraction of sp³-hybridized carbons (Fsp3) is 0.467. The summed E-state index contributed by atoms with van der Waals surface area (Å²) in [4.78, 5) is 13.9. The van der Waals surface area contributed by atoms with Gasteiger partial charge in [-0.1, -0.05) is 6.92 Å². The molecule has 1 saturated heterocycles. The summed E-state index contributed by atoms with van der Waals surface area (Å²) >= 11 is 3.46. The Morgan fingerprint density at radius 2 is 2.20 bits per heavy atom. The molecule has 0 saturated carbocycles. The molecule has 0 bridgehead atoms. The molecule has 0 spiro atoms. The van der Waals surface area contributed by atoms with Gasteiger partial charge >= 0.3 is 0 Å². The molecule has 0 radical (unpaired) electrons. The van der Waals surface area contributed by atoms with Crippen LogP contribution in [0, 0.1) is 0 Å². The van der Waals surface area contributed by atoms with Gasteiger partial charge in [0.15, 0.2) is 0 Å². The van der Waals surface area contributed by atoms with Crippen molar-refractivity contribution in [1.29, 1.82) is 0 Å². The monoisotopic (exact) mass is 334 g/mol. The molecule has 0 aliphatic carbocycles. The van der Waals surface area contributed by atoms with Crippen LogP contribution >= 0.6 is 15.9 Å². The average Bonchev–Trinajstić information content (AvgIpc) is 2.47. The van der Waals surface area contributed by atoms with E-state index in [1.54, 1.807) is 0 Å². The fourth-order valence-corrected chi connectivity index (χ4v) is 3.17. The number of hydrogen-bond acceptors (Lipinski definition) is 4. The van der Waals surface area contributed by atoms with Crippen LogP contribution in [0.5, 0.6) is 0 Å². The minimum atomic E-state index is 0.613. The van der Waals surface area contributed by atoms with Crippen molar-refractivity contribution in [3.63, 3.8) is 0 Å². The highest BCUT2D eigenvalue weighted by Crippen LogP contribution is 2.27. The van der Waals surface area contributed by atoms with E-state index >= 15 is 0 Å². The number of nitrogens with zero attached hydrogens (tertiary/aromatic N) is 4. The summed E-state index contributed by atoms with van der Waals surface area (Å²) in [6, 6.07) is 4.72. The maximum atomic E-state index is 4.56. The van der Waals surface area contributed by atoms with Gasteiger partial charge in [0, 0.05) is 42.5 Å². The van der Waals surface area contributed by atoms with E-state index < -0.39 is 0 Å². The molecule has 0 aromatic carbocycles. The zero-order valence-corrected chi connectivity index (χ0v) is 13.5. The van der Waals surface area contributed by atoms with Crippen LogP contribution in [-0.4, -0.2) is 47.6 Å². The van der Waals surface area contributed by atoms with Crippen LogP contribution in [0.25, 0.3) is 11.0 Å². The predicted molar refractivity (Wildman–Crippen MR) is 86.2 cm³/mol. The summed E-state index contributed by atoms with van der Waals surface area (Å²) < 4.78 is 0.972. The fourth-order valence-electron chi connectivity index (χ4n) is 2.85. The van der Waals surface area contributed by atoms with Gasteiger partial charge in [0.1, 0.15) is 5.52 Å². The highest BCUT2D eigenvalue weighted by Gasteiger charge is 2.24. The smallest absolute Gasteiger partial charge is 0.112 e. The zero-order chi connectivity index (χ0) is 14.1. The number of halogens is 1. The van der Waals surface area contributed by atoms with Gasteiger partial charge < -0.3 is 4.90 Å². The Morgan fingerprint density at radius 3 is 3.00 bits per heavy atom. The number of pyridine rings is 2. The molecule has 1 aliphatic rings. The molecule has 1 atom stereocenters. The first-order valence-corrected chi connectivity index (χ1v) is 7.83. The molecule has 20 heavy (non-hydrogen) atoms. The van der Waals surface area contributed by atoms with Crippen molar-refractivity contribution in [2.75, 3.05) is 31.6 Å². The van der Waals surface area contributed by atoms with Crippen molar-refractivity contribution in [1.82, 2.24) is 14.9 Å². The molecular weight excluding hydrogens is 316 g/mol. The normalized spacial score (nSPS) is 20.6. The Bertz CT molecular complexity index is 616. The Morgan fingerprint density at radius 1 is 1.35 bits per heavy atom. The van der Waals surface area contributed by atoms with Crippen molar-refractivity contribution >= 4 is 32.7 Å². The van der Waals surface area contributed by atoms with Gasteiger partial charge in [-0.3, -0.25) is 14.9 Å². The molecule has 0 N–H and O–H groups in total. The summed E-state index contributed by atoms with van der Waals surface area (Å²) in [6.07, 6.45) is 4.90. The lowest BCUT2D eigenvalue weighted by Crippen LogP contribution is -2.51. The SMILES string of the molecule is CCC1CN(c2ccnc3cc(Br)cnc23)CCN1C. The Hall–Kier alpha value is -1.20. The first kappa shape index (κ1) is 13.8. The Labute approximate surface area is 127 Å². The third-order valence-electron chi connectivity index (χ3n) is 4.11. The summed E-state index contributed by atoms with van der Waals surface area (Å²) in [6.45, 7) is 5.46.